The fourth-order valence-electron chi connectivity index (χ4n) is 4.23. The van der Waals surface area contributed by atoms with E-state index in [1.54, 1.807) is 6.07 Å². The maximum Gasteiger partial charge on any atom is 0.137 e. The Kier molecular flexibility index (Phi) is 4.67. The fraction of sp³-hybridized carbons (Fsp3) is 0.647. The molecule has 2 heterocycles. The topological polar surface area (TPSA) is 15.3 Å². The number of piperidine rings is 1. The lowest BCUT2D eigenvalue weighted by molar-refractivity contribution is 0.114. The van der Waals surface area contributed by atoms with Crippen molar-refractivity contribution in [1.82, 2.24) is 10.2 Å². The third kappa shape index (κ3) is 3.03. The number of nitrogens with zero attached hydrogens (tertiary/aromatic N) is 1. The van der Waals surface area contributed by atoms with Crippen LogP contribution in [0, 0.1) is 11.7 Å². The minimum absolute atomic E-state index is 0.161. The van der Waals surface area contributed by atoms with E-state index in [2.05, 4.69) is 33.2 Å². The van der Waals surface area contributed by atoms with Crippen LogP contribution >= 0.6 is 15.9 Å². The molecule has 3 rings (SSSR count). The first-order valence-electron chi connectivity index (χ1n) is 7.92. The summed E-state index contributed by atoms with van der Waals surface area (Å²) in [6.45, 7) is 0. The summed E-state index contributed by atoms with van der Waals surface area (Å²) in [4.78, 5) is 2.57. The number of nitrogens with one attached hydrogen (secondary N) is 1. The van der Waals surface area contributed by atoms with Crippen molar-refractivity contribution >= 4 is 15.9 Å². The van der Waals surface area contributed by atoms with E-state index in [4.69, 9.17) is 0 Å². The SMILES string of the molecule is CNC(Cc1cccc(F)c1Br)C1CC2CCC(C1)N2C. The maximum absolute atomic E-state index is 13.7. The minimum Gasteiger partial charge on any atom is -0.316 e. The van der Waals surface area contributed by atoms with Crippen molar-refractivity contribution in [3.8, 4) is 0 Å². The monoisotopic (exact) mass is 354 g/mol. The molecule has 2 fully saturated rings. The quantitative estimate of drug-likeness (QED) is 0.888. The lowest BCUT2D eigenvalue weighted by atomic mass is 9.82. The van der Waals surface area contributed by atoms with Crippen molar-refractivity contribution in [1.29, 1.82) is 0 Å². The molecule has 2 saturated heterocycles. The summed E-state index contributed by atoms with van der Waals surface area (Å²) in [6, 6.07) is 7.28. The van der Waals surface area contributed by atoms with Gasteiger partial charge in [-0.05, 0) is 79.7 Å². The molecule has 4 heteroatoms. The molecule has 3 unspecified atom stereocenters. The van der Waals surface area contributed by atoms with Gasteiger partial charge in [-0.3, -0.25) is 0 Å². The molecular weight excluding hydrogens is 331 g/mol. The zero-order valence-electron chi connectivity index (χ0n) is 12.8. The van der Waals surface area contributed by atoms with E-state index < -0.39 is 0 Å². The van der Waals surface area contributed by atoms with Crippen LogP contribution in [-0.4, -0.2) is 37.1 Å². The van der Waals surface area contributed by atoms with Crippen molar-refractivity contribution in [3.63, 3.8) is 0 Å². The molecule has 0 saturated carbocycles. The molecule has 3 atom stereocenters. The molecule has 21 heavy (non-hydrogen) atoms. The summed E-state index contributed by atoms with van der Waals surface area (Å²) < 4.78 is 14.3. The zero-order valence-corrected chi connectivity index (χ0v) is 14.4. The first-order chi connectivity index (χ1) is 10.1. The third-order valence-electron chi connectivity index (χ3n) is 5.55. The molecule has 2 bridgehead atoms. The molecule has 1 aromatic carbocycles. The van der Waals surface area contributed by atoms with Crippen LogP contribution in [0.25, 0.3) is 0 Å². The predicted octanol–water partition coefficient (Wildman–Crippen LogP) is 3.59. The van der Waals surface area contributed by atoms with E-state index in [-0.39, 0.29) is 5.82 Å². The van der Waals surface area contributed by atoms with Crippen molar-refractivity contribution in [2.24, 2.45) is 5.92 Å². The van der Waals surface area contributed by atoms with Gasteiger partial charge in [-0.1, -0.05) is 12.1 Å². The van der Waals surface area contributed by atoms with Crippen LogP contribution in [0.5, 0.6) is 0 Å². The lowest BCUT2D eigenvalue weighted by Gasteiger charge is -2.40. The maximum atomic E-state index is 13.7. The van der Waals surface area contributed by atoms with Gasteiger partial charge in [0, 0.05) is 18.1 Å². The number of hydrogen-bond acceptors (Lipinski definition) is 2. The number of fused-ring (bicyclic) bond motifs is 2. The molecule has 0 amide bonds. The Bertz CT molecular complexity index is 494. The van der Waals surface area contributed by atoms with Crippen molar-refractivity contribution in [3.05, 3.63) is 34.1 Å². The van der Waals surface area contributed by atoms with Crippen LogP contribution in [0.4, 0.5) is 4.39 Å². The highest BCUT2D eigenvalue weighted by Crippen LogP contribution is 2.39. The van der Waals surface area contributed by atoms with E-state index in [0.29, 0.717) is 16.4 Å². The van der Waals surface area contributed by atoms with E-state index in [1.807, 2.05) is 13.1 Å². The van der Waals surface area contributed by atoms with Crippen LogP contribution < -0.4 is 5.32 Å². The number of hydrogen-bond donors (Lipinski definition) is 1. The van der Waals surface area contributed by atoms with Crippen LogP contribution in [-0.2, 0) is 6.42 Å². The molecule has 2 aliphatic heterocycles. The van der Waals surface area contributed by atoms with E-state index in [0.717, 1.165) is 24.1 Å². The molecule has 0 aliphatic carbocycles. The number of likely N-dealkylation sites (N-methyl/N-ethyl adjacent to an activating group) is 1. The van der Waals surface area contributed by atoms with Gasteiger partial charge >= 0.3 is 0 Å². The molecule has 2 aliphatic rings. The van der Waals surface area contributed by atoms with Gasteiger partial charge in [0.2, 0.25) is 0 Å². The second kappa shape index (κ2) is 6.35. The fourth-order valence-corrected chi connectivity index (χ4v) is 4.66. The molecule has 116 valence electrons. The summed E-state index contributed by atoms with van der Waals surface area (Å²) in [5.74, 6) is 0.532. The Morgan fingerprint density at radius 1 is 1.33 bits per heavy atom. The second-order valence-corrected chi connectivity index (χ2v) is 7.39. The summed E-state index contributed by atoms with van der Waals surface area (Å²) >= 11 is 3.40. The molecular formula is C17H24BrFN2. The highest BCUT2D eigenvalue weighted by molar-refractivity contribution is 9.10. The third-order valence-corrected chi connectivity index (χ3v) is 6.43. The van der Waals surface area contributed by atoms with Crippen LogP contribution in [0.1, 0.15) is 31.2 Å². The highest BCUT2D eigenvalue weighted by Gasteiger charge is 2.40. The molecule has 0 radical (unpaired) electrons. The van der Waals surface area contributed by atoms with Gasteiger partial charge in [-0.25, -0.2) is 4.39 Å². The number of benzene rings is 1. The van der Waals surface area contributed by atoms with Gasteiger partial charge in [0.05, 0.1) is 4.47 Å². The predicted molar refractivity (Wildman–Crippen MR) is 87.9 cm³/mol. The van der Waals surface area contributed by atoms with Gasteiger partial charge < -0.3 is 10.2 Å². The van der Waals surface area contributed by atoms with Gasteiger partial charge in [0.1, 0.15) is 5.82 Å². The number of halogens is 2. The normalized spacial score (nSPS) is 30.6. The van der Waals surface area contributed by atoms with Gasteiger partial charge in [0.15, 0.2) is 0 Å². The summed E-state index contributed by atoms with van der Waals surface area (Å²) in [5, 5.41) is 3.49. The van der Waals surface area contributed by atoms with Crippen molar-refractivity contribution in [2.45, 2.75) is 50.2 Å². The largest absolute Gasteiger partial charge is 0.316 e. The molecule has 0 aromatic heterocycles. The van der Waals surface area contributed by atoms with Crippen molar-refractivity contribution in [2.75, 3.05) is 14.1 Å². The van der Waals surface area contributed by atoms with Crippen LogP contribution in [0.15, 0.2) is 22.7 Å². The summed E-state index contributed by atoms with van der Waals surface area (Å²) in [5.41, 5.74) is 1.07. The van der Waals surface area contributed by atoms with Gasteiger partial charge in [-0.15, -0.1) is 0 Å². The lowest BCUT2D eigenvalue weighted by Crippen LogP contribution is -2.47. The molecule has 1 N–H and O–H groups in total. The second-order valence-electron chi connectivity index (χ2n) is 6.59. The van der Waals surface area contributed by atoms with E-state index in [1.165, 1.54) is 31.7 Å². The summed E-state index contributed by atoms with van der Waals surface area (Å²) in [6.07, 6.45) is 6.12. The average Bonchev–Trinajstić information content (AvgIpc) is 2.70. The highest BCUT2D eigenvalue weighted by atomic mass is 79.9. The molecule has 1 aromatic rings. The smallest absolute Gasteiger partial charge is 0.137 e. The Morgan fingerprint density at radius 3 is 2.62 bits per heavy atom. The Balaban J connectivity index is 1.72. The van der Waals surface area contributed by atoms with Crippen LogP contribution in [0.2, 0.25) is 0 Å². The Morgan fingerprint density at radius 2 is 2.00 bits per heavy atom. The van der Waals surface area contributed by atoms with Gasteiger partial charge in [-0.2, -0.15) is 0 Å². The van der Waals surface area contributed by atoms with Crippen LogP contribution in [0.3, 0.4) is 0 Å². The summed E-state index contributed by atoms with van der Waals surface area (Å²) in [7, 11) is 4.31. The Labute approximate surface area is 135 Å². The minimum atomic E-state index is -0.161. The van der Waals surface area contributed by atoms with Gasteiger partial charge in [0.25, 0.3) is 0 Å². The average molecular weight is 355 g/mol. The number of rotatable bonds is 4. The zero-order chi connectivity index (χ0) is 15.0. The molecule has 0 spiro atoms. The standard InChI is InChI=1S/C17H24BrFN2/c1-20-16(10-11-4-3-5-15(19)17(11)18)12-8-13-6-7-14(9-12)21(13)2/h3-5,12-14,16,20H,6-10H2,1-2H3. The first kappa shape index (κ1) is 15.4. The van der Waals surface area contributed by atoms with Crippen molar-refractivity contribution < 1.29 is 4.39 Å². The Hall–Kier alpha value is -0.450. The van der Waals surface area contributed by atoms with E-state index >= 15 is 0 Å². The van der Waals surface area contributed by atoms with E-state index in [9.17, 15) is 4.39 Å². The first-order valence-corrected chi connectivity index (χ1v) is 8.71. The molecule has 2 nitrogen and oxygen atoms in total.